The van der Waals surface area contributed by atoms with Crippen LogP contribution >= 0.6 is 0 Å². The third kappa shape index (κ3) is 5.39. The highest BCUT2D eigenvalue weighted by Crippen LogP contribution is 2.19. The lowest BCUT2D eigenvalue weighted by Crippen LogP contribution is -2.49. The third-order valence-corrected chi connectivity index (χ3v) is 5.14. The summed E-state index contributed by atoms with van der Waals surface area (Å²) in [6.45, 7) is 11.3. The molecular formula is C21H30N4O2. The first-order valence-electron chi connectivity index (χ1n) is 9.80. The van der Waals surface area contributed by atoms with Gasteiger partial charge in [-0.2, -0.15) is 0 Å². The summed E-state index contributed by atoms with van der Waals surface area (Å²) < 4.78 is 0. The van der Waals surface area contributed by atoms with Crippen molar-refractivity contribution in [2.24, 2.45) is 5.41 Å². The van der Waals surface area contributed by atoms with E-state index in [1.54, 1.807) is 6.07 Å². The summed E-state index contributed by atoms with van der Waals surface area (Å²) in [4.78, 5) is 36.3. The van der Waals surface area contributed by atoms with Gasteiger partial charge in [0, 0.05) is 39.0 Å². The van der Waals surface area contributed by atoms with E-state index in [1.165, 1.54) is 6.42 Å². The van der Waals surface area contributed by atoms with E-state index in [4.69, 9.17) is 0 Å². The van der Waals surface area contributed by atoms with Gasteiger partial charge in [-0.1, -0.05) is 32.9 Å². The van der Waals surface area contributed by atoms with Crippen molar-refractivity contribution in [3.8, 4) is 0 Å². The minimum atomic E-state index is -0.143. The molecule has 6 nitrogen and oxygen atoms in total. The SMILES string of the molecule is CC(C)(C)CCN1CCN(C(=O)CCc2nc3ccccc3c(=O)[nH]2)CC1. The van der Waals surface area contributed by atoms with E-state index in [1.807, 2.05) is 23.1 Å². The molecule has 2 aromatic rings. The summed E-state index contributed by atoms with van der Waals surface area (Å²) in [5.74, 6) is 0.720. The van der Waals surface area contributed by atoms with Crippen LogP contribution in [0.5, 0.6) is 0 Å². The number of rotatable bonds is 5. The number of fused-ring (bicyclic) bond motifs is 1. The van der Waals surface area contributed by atoms with E-state index in [0.717, 1.165) is 32.7 Å². The zero-order valence-corrected chi connectivity index (χ0v) is 16.6. The van der Waals surface area contributed by atoms with Crippen molar-refractivity contribution in [1.29, 1.82) is 0 Å². The summed E-state index contributed by atoms with van der Waals surface area (Å²) in [7, 11) is 0. The van der Waals surface area contributed by atoms with E-state index in [0.29, 0.717) is 35.0 Å². The lowest BCUT2D eigenvalue weighted by atomic mass is 9.92. The molecule has 146 valence electrons. The topological polar surface area (TPSA) is 69.3 Å². The molecule has 1 fully saturated rings. The molecule has 3 rings (SSSR count). The maximum Gasteiger partial charge on any atom is 0.258 e. The van der Waals surface area contributed by atoms with E-state index < -0.39 is 0 Å². The number of hydrogen-bond acceptors (Lipinski definition) is 4. The molecule has 0 spiro atoms. The van der Waals surface area contributed by atoms with E-state index >= 15 is 0 Å². The average molecular weight is 370 g/mol. The number of para-hydroxylation sites is 1. The molecule has 0 atom stereocenters. The lowest BCUT2D eigenvalue weighted by Gasteiger charge is -2.36. The van der Waals surface area contributed by atoms with Gasteiger partial charge in [-0.25, -0.2) is 4.98 Å². The Kier molecular flexibility index (Phi) is 5.95. The summed E-state index contributed by atoms with van der Waals surface area (Å²) in [6.07, 6.45) is 2.01. The molecule has 1 aliphatic rings. The molecule has 0 saturated carbocycles. The number of benzene rings is 1. The van der Waals surface area contributed by atoms with Crippen LogP contribution in [0.25, 0.3) is 10.9 Å². The van der Waals surface area contributed by atoms with E-state index in [-0.39, 0.29) is 11.5 Å². The van der Waals surface area contributed by atoms with Crippen LogP contribution in [0.3, 0.4) is 0 Å². The number of piperazine rings is 1. The summed E-state index contributed by atoms with van der Waals surface area (Å²) in [5, 5.41) is 0.582. The predicted octanol–water partition coefficient (Wildman–Crippen LogP) is 2.44. The number of nitrogens with one attached hydrogen (secondary N) is 1. The van der Waals surface area contributed by atoms with Gasteiger partial charge >= 0.3 is 0 Å². The highest BCUT2D eigenvalue weighted by Gasteiger charge is 2.22. The molecule has 1 amide bonds. The smallest absolute Gasteiger partial charge is 0.258 e. The van der Waals surface area contributed by atoms with Crippen molar-refractivity contribution in [3.05, 3.63) is 40.4 Å². The van der Waals surface area contributed by atoms with Crippen LogP contribution in [0.1, 0.15) is 39.4 Å². The number of amides is 1. The second-order valence-electron chi connectivity index (χ2n) is 8.56. The quantitative estimate of drug-likeness (QED) is 0.878. The van der Waals surface area contributed by atoms with Crippen LogP contribution in [-0.4, -0.2) is 58.4 Å². The number of aromatic nitrogens is 2. The number of nitrogens with zero attached hydrogens (tertiary/aromatic N) is 3. The van der Waals surface area contributed by atoms with Gasteiger partial charge in [0.1, 0.15) is 5.82 Å². The monoisotopic (exact) mass is 370 g/mol. The first-order valence-corrected chi connectivity index (χ1v) is 9.80. The fraction of sp³-hybridized carbons (Fsp3) is 0.571. The molecule has 1 aromatic heterocycles. The average Bonchev–Trinajstić information content (AvgIpc) is 2.64. The van der Waals surface area contributed by atoms with Crippen LogP contribution in [0, 0.1) is 5.41 Å². The molecule has 1 aromatic carbocycles. The fourth-order valence-corrected chi connectivity index (χ4v) is 3.35. The van der Waals surface area contributed by atoms with Gasteiger partial charge in [-0.15, -0.1) is 0 Å². The molecule has 0 radical (unpaired) electrons. The van der Waals surface area contributed by atoms with Crippen LogP contribution in [-0.2, 0) is 11.2 Å². The zero-order chi connectivity index (χ0) is 19.4. The Morgan fingerprint density at radius 3 is 2.56 bits per heavy atom. The standard InChI is InChI=1S/C21H30N4O2/c1-21(2,3)10-11-24-12-14-25(15-13-24)19(26)9-8-18-22-17-7-5-4-6-16(17)20(27)23-18/h4-7H,8-15H2,1-3H3,(H,22,23,27). The first kappa shape index (κ1) is 19.5. The van der Waals surface area contributed by atoms with Crippen LogP contribution in [0.15, 0.2) is 29.1 Å². The Morgan fingerprint density at radius 2 is 1.85 bits per heavy atom. The minimum absolute atomic E-state index is 0.140. The summed E-state index contributed by atoms with van der Waals surface area (Å²) >= 11 is 0. The maximum absolute atomic E-state index is 12.5. The van der Waals surface area contributed by atoms with Gasteiger partial charge in [0.15, 0.2) is 0 Å². The summed E-state index contributed by atoms with van der Waals surface area (Å²) in [6, 6.07) is 7.27. The Bertz CT molecular complexity index is 845. The second kappa shape index (κ2) is 8.21. The molecule has 0 aliphatic carbocycles. The van der Waals surface area contributed by atoms with Crippen molar-refractivity contribution >= 4 is 16.8 Å². The third-order valence-electron chi connectivity index (χ3n) is 5.14. The highest BCUT2D eigenvalue weighted by atomic mass is 16.2. The van der Waals surface area contributed by atoms with E-state index in [2.05, 4.69) is 35.6 Å². The van der Waals surface area contributed by atoms with Crippen LogP contribution in [0.2, 0.25) is 0 Å². The maximum atomic E-state index is 12.5. The predicted molar refractivity (Wildman–Crippen MR) is 108 cm³/mol. The Hall–Kier alpha value is -2.21. The molecular weight excluding hydrogens is 340 g/mol. The first-order chi connectivity index (χ1) is 12.8. The Labute approximate surface area is 160 Å². The highest BCUT2D eigenvalue weighted by molar-refractivity contribution is 5.78. The van der Waals surface area contributed by atoms with Crippen molar-refractivity contribution in [2.75, 3.05) is 32.7 Å². The van der Waals surface area contributed by atoms with Crippen molar-refractivity contribution in [2.45, 2.75) is 40.0 Å². The number of carbonyl (C=O) groups excluding carboxylic acids is 1. The number of aryl methyl sites for hydroxylation is 1. The van der Waals surface area contributed by atoms with Crippen molar-refractivity contribution in [3.63, 3.8) is 0 Å². The summed E-state index contributed by atoms with van der Waals surface area (Å²) in [5.41, 5.74) is 0.878. The molecule has 6 heteroatoms. The van der Waals surface area contributed by atoms with Gasteiger partial charge in [-0.3, -0.25) is 14.5 Å². The Balaban J connectivity index is 1.50. The van der Waals surface area contributed by atoms with Gasteiger partial charge in [0.05, 0.1) is 10.9 Å². The molecule has 0 bridgehead atoms. The largest absolute Gasteiger partial charge is 0.340 e. The number of hydrogen-bond donors (Lipinski definition) is 1. The van der Waals surface area contributed by atoms with Gasteiger partial charge in [0.2, 0.25) is 5.91 Å². The molecule has 2 heterocycles. The van der Waals surface area contributed by atoms with Gasteiger partial charge in [-0.05, 0) is 30.5 Å². The zero-order valence-electron chi connectivity index (χ0n) is 16.6. The molecule has 1 saturated heterocycles. The number of aromatic amines is 1. The van der Waals surface area contributed by atoms with Gasteiger partial charge in [0.25, 0.3) is 5.56 Å². The van der Waals surface area contributed by atoms with Crippen molar-refractivity contribution < 1.29 is 4.79 Å². The fourth-order valence-electron chi connectivity index (χ4n) is 3.35. The van der Waals surface area contributed by atoms with E-state index in [9.17, 15) is 9.59 Å². The molecule has 27 heavy (non-hydrogen) atoms. The number of H-pyrrole nitrogens is 1. The van der Waals surface area contributed by atoms with Crippen LogP contribution < -0.4 is 5.56 Å². The number of carbonyl (C=O) groups is 1. The molecule has 0 unspecified atom stereocenters. The Morgan fingerprint density at radius 1 is 1.15 bits per heavy atom. The normalized spacial score (nSPS) is 16.0. The van der Waals surface area contributed by atoms with Crippen molar-refractivity contribution in [1.82, 2.24) is 19.8 Å². The van der Waals surface area contributed by atoms with Gasteiger partial charge < -0.3 is 9.88 Å². The molecule has 1 aliphatic heterocycles. The second-order valence-corrected chi connectivity index (χ2v) is 8.56. The van der Waals surface area contributed by atoms with Crippen LogP contribution in [0.4, 0.5) is 0 Å². The minimum Gasteiger partial charge on any atom is -0.340 e. The molecule has 1 N–H and O–H groups in total. The lowest BCUT2D eigenvalue weighted by molar-refractivity contribution is -0.133.